The highest BCUT2D eigenvalue weighted by Crippen LogP contribution is 2.63. The molecule has 0 radical (unpaired) electrons. The van der Waals surface area contributed by atoms with Crippen LogP contribution in [-0.2, 0) is 5.41 Å². The zero-order valence-electron chi connectivity index (χ0n) is 33.7. The van der Waals surface area contributed by atoms with Crippen LogP contribution in [0.25, 0.3) is 44.2 Å². The summed E-state index contributed by atoms with van der Waals surface area (Å²) in [5, 5.41) is 8.15. The van der Waals surface area contributed by atoms with Crippen LogP contribution in [-0.4, -0.2) is 8.07 Å². The number of ether oxygens (including phenoxy) is 1. The normalized spacial score (nSPS) is 15.1. The van der Waals surface area contributed by atoms with Crippen LogP contribution in [0.4, 0.5) is 17.1 Å². The maximum Gasteiger partial charge on any atom is 0.182 e. The van der Waals surface area contributed by atoms with Crippen molar-refractivity contribution in [3.05, 3.63) is 221 Å². The van der Waals surface area contributed by atoms with Crippen molar-refractivity contribution in [3.8, 4) is 33.8 Å². The monoisotopic (exact) mass is 795 g/mol. The highest BCUT2D eigenvalue weighted by Gasteiger charge is 2.55. The van der Waals surface area contributed by atoms with Gasteiger partial charge in [0.1, 0.15) is 22.7 Å². The summed E-state index contributed by atoms with van der Waals surface area (Å²) in [5.74, 6) is 1.74. The van der Waals surface area contributed by atoms with Gasteiger partial charge in [0.05, 0.1) is 16.8 Å². The first-order chi connectivity index (χ1) is 30.0. The quantitative estimate of drug-likeness (QED) is 0.155. The molecule has 0 unspecified atom stereocenters. The number of nitrogens with zero attached hydrogens (tertiary/aromatic N) is 1. The lowest BCUT2D eigenvalue weighted by Gasteiger charge is -2.48. The molecule has 61 heavy (non-hydrogen) atoms. The van der Waals surface area contributed by atoms with E-state index in [0.717, 1.165) is 61.6 Å². The van der Waals surface area contributed by atoms with Gasteiger partial charge in [0, 0.05) is 27.6 Å². The summed E-state index contributed by atoms with van der Waals surface area (Å²) in [6.07, 6.45) is 0. The predicted molar refractivity (Wildman–Crippen MR) is 251 cm³/mol. The summed E-state index contributed by atoms with van der Waals surface area (Å²) in [4.78, 5) is 2.55. The van der Waals surface area contributed by atoms with Gasteiger partial charge in [-0.1, -0.05) is 151 Å². The van der Waals surface area contributed by atoms with Crippen molar-refractivity contribution in [3.63, 3.8) is 0 Å². The third-order valence-electron chi connectivity index (χ3n) is 14.2. The fourth-order valence-corrected chi connectivity index (χ4v) is 17.7. The Labute approximate surface area is 354 Å². The maximum absolute atomic E-state index is 6.76. The second kappa shape index (κ2) is 11.7. The molecule has 4 heteroatoms. The Balaban J connectivity index is 1.12. The molecule has 3 nitrogen and oxygen atoms in total. The number of benzene rings is 9. The predicted octanol–water partition coefficient (Wildman–Crippen LogP) is 11.8. The smallest absolute Gasteiger partial charge is 0.182 e. The molecule has 14 rings (SSSR count). The number of aryl methyl sites for hydroxylation is 2. The van der Waals surface area contributed by atoms with E-state index in [9.17, 15) is 0 Å². The van der Waals surface area contributed by atoms with Gasteiger partial charge in [-0.3, -0.25) is 0 Å². The Hall–Kier alpha value is -7.40. The van der Waals surface area contributed by atoms with E-state index in [1.165, 1.54) is 65.3 Å². The zero-order chi connectivity index (χ0) is 40.2. The van der Waals surface area contributed by atoms with E-state index in [1.54, 1.807) is 0 Å². The molecule has 2 spiro atoms. The van der Waals surface area contributed by atoms with Crippen LogP contribution >= 0.6 is 0 Å². The number of rotatable bonds is 1. The maximum atomic E-state index is 6.76. The summed E-state index contributed by atoms with van der Waals surface area (Å²) in [7, 11) is -2.75. The third kappa shape index (κ3) is 4.04. The molecule has 5 heterocycles. The SMILES string of the molecule is Cc1ccc2c(c1)[Si]1(c3ccccc3-c3ccc(N4c5ccccc5C5(c6ccccc6Oc6ccccc65)c5cc6oc7ccccc7c6cc54)cc31)c1cc(C)ccc1-2. The lowest BCUT2D eigenvalue weighted by Crippen LogP contribution is -2.70. The van der Waals surface area contributed by atoms with Crippen LogP contribution in [0.2, 0.25) is 0 Å². The van der Waals surface area contributed by atoms with Crippen LogP contribution < -0.4 is 30.4 Å². The Kier molecular flexibility index (Phi) is 6.39. The average molecular weight is 796 g/mol. The molecule has 0 saturated heterocycles. The summed E-state index contributed by atoms with van der Waals surface area (Å²) < 4.78 is 13.5. The van der Waals surface area contributed by atoms with E-state index in [2.05, 4.69) is 207 Å². The van der Waals surface area contributed by atoms with Gasteiger partial charge in [-0.15, -0.1) is 0 Å². The summed E-state index contributed by atoms with van der Waals surface area (Å²) in [6, 6.07) is 70.4. The highest BCUT2D eigenvalue weighted by molar-refractivity contribution is 7.24. The Morgan fingerprint density at radius 3 is 1.72 bits per heavy atom. The van der Waals surface area contributed by atoms with E-state index in [1.807, 2.05) is 0 Å². The van der Waals surface area contributed by atoms with Crippen LogP contribution in [0.3, 0.4) is 0 Å². The fourth-order valence-electron chi connectivity index (χ4n) is 11.9. The lowest BCUT2D eigenvalue weighted by molar-refractivity contribution is 0.434. The molecule has 0 saturated carbocycles. The zero-order valence-corrected chi connectivity index (χ0v) is 34.7. The van der Waals surface area contributed by atoms with Gasteiger partial charge in [0.15, 0.2) is 8.07 Å². The van der Waals surface area contributed by atoms with Crippen LogP contribution in [0.1, 0.15) is 33.4 Å². The molecule has 0 aliphatic carbocycles. The summed E-state index contributed by atoms with van der Waals surface area (Å²) in [6.45, 7) is 4.50. The Morgan fingerprint density at radius 2 is 0.984 bits per heavy atom. The number of furan rings is 1. The van der Waals surface area contributed by atoms with Crippen LogP contribution in [0, 0.1) is 13.8 Å². The van der Waals surface area contributed by atoms with E-state index >= 15 is 0 Å². The van der Waals surface area contributed by atoms with Gasteiger partial charge < -0.3 is 14.1 Å². The topological polar surface area (TPSA) is 25.6 Å². The minimum absolute atomic E-state index is 0.692. The molecule has 286 valence electrons. The lowest BCUT2D eigenvalue weighted by atomic mass is 9.61. The van der Waals surface area contributed by atoms with Crippen LogP contribution in [0.5, 0.6) is 11.5 Å². The van der Waals surface area contributed by atoms with Crippen molar-refractivity contribution in [2.45, 2.75) is 19.3 Å². The van der Waals surface area contributed by atoms with Crippen molar-refractivity contribution >= 4 is 67.8 Å². The van der Waals surface area contributed by atoms with Gasteiger partial charge in [0.25, 0.3) is 0 Å². The molecule has 0 fully saturated rings. The fraction of sp³-hybridized carbons (Fsp3) is 0.0526. The molecule has 9 aromatic carbocycles. The molecule has 1 aromatic heterocycles. The summed E-state index contributed by atoms with van der Waals surface area (Å²) in [5.41, 5.74) is 17.2. The molecule has 0 atom stereocenters. The van der Waals surface area contributed by atoms with E-state index in [-0.39, 0.29) is 0 Å². The molecule has 0 N–H and O–H groups in total. The van der Waals surface area contributed by atoms with Gasteiger partial charge in [-0.05, 0) is 117 Å². The van der Waals surface area contributed by atoms with Crippen LogP contribution in [0.15, 0.2) is 192 Å². The number of hydrogen-bond acceptors (Lipinski definition) is 3. The number of fused-ring (bicyclic) bond motifs is 21. The molecule has 0 bridgehead atoms. The van der Waals surface area contributed by atoms with E-state index in [0.29, 0.717) is 0 Å². The van der Waals surface area contributed by atoms with E-state index < -0.39 is 13.5 Å². The van der Waals surface area contributed by atoms with Gasteiger partial charge >= 0.3 is 0 Å². The Bertz CT molecular complexity index is 3480. The van der Waals surface area contributed by atoms with Crippen molar-refractivity contribution in [1.82, 2.24) is 0 Å². The van der Waals surface area contributed by atoms with Crippen molar-refractivity contribution in [1.29, 1.82) is 0 Å². The molecule has 4 aliphatic heterocycles. The molecule has 4 aliphatic rings. The minimum Gasteiger partial charge on any atom is -0.457 e. The molecular weight excluding hydrogens is 759 g/mol. The molecule has 0 amide bonds. The Morgan fingerprint density at radius 1 is 0.410 bits per heavy atom. The largest absolute Gasteiger partial charge is 0.457 e. The van der Waals surface area contributed by atoms with Crippen molar-refractivity contribution in [2.24, 2.45) is 0 Å². The standard InChI is InChI=1S/C57H37NO2Si/c1-34-23-26-39-40-27-24-35(2)30-55(40)61(54(39)29-34)53-22-12-4-14-38(53)41-28-25-36(31-56(41)61)58-47-18-8-5-15-43(47)57(44-16-6-10-20-50(44)60-51-21-11-7-17-45(51)57)46-33-52-42(32-48(46)58)37-13-3-9-19-49(37)59-52/h3-33H,1-2H3. The number of anilines is 3. The first-order valence-corrected chi connectivity index (χ1v) is 23.2. The highest BCUT2D eigenvalue weighted by atomic mass is 28.3. The second-order valence-electron chi connectivity index (χ2n) is 17.3. The van der Waals surface area contributed by atoms with Crippen molar-refractivity contribution in [2.75, 3.05) is 4.90 Å². The second-order valence-corrected chi connectivity index (χ2v) is 20.9. The first-order valence-electron chi connectivity index (χ1n) is 21.2. The van der Waals surface area contributed by atoms with E-state index in [4.69, 9.17) is 9.15 Å². The van der Waals surface area contributed by atoms with Gasteiger partial charge in [0.2, 0.25) is 0 Å². The molecule has 10 aromatic rings. The van der Waals surface area contributed by atoms with Crippen molar-refractivity contribution < 1.29 is 9.15 Å². The third-order valence-corrected chi connectivity index (χ3v) is 19.1. The molecular formula is C57H37NO2Si. The average Bonchev–Trinajstić information content (AvgIpc) is 3.91. The summed E-state index contributed by atoms with van der Waals surface area (Å²) >= 11 is 0. The number of para-hydroxylation sites is 4. The number of hydrogen-bond donors (Lipinski definition) is 0. The van der Waals surface area contributed by atoms with Gasteiger partial charge in [-0.25, -0.2) is 0 Å². The minimum atomic E-state index is -2.75. The van der Waals surface area contributed by atoms with Gasteiger partial charge in [-0.2, -0.15) is 0 Å². The first kappa shape index (κ1) is 33.4.